The van der Waals surface area contributed by atoms with E-state index < -0.39 is 21.9 Å². The highest BCUT2D eigenvalue weighted by atomic mass is 32.2. The highest BCUT2D eigenvalue weighted by Crippen LogP contribution is 2.16. The topological polar surface area (TPSA) is 61.2 Å². The number of hydrogen-bond donors (Lipinski definition) is 0. The number of hydrogen-bond acceptors (Lipinski definition) is 3. The van der Waals surface area contributed by atoms with Gasteiger partial charge >= 0.3 is 0 Å². The van der Waals surface area contributed by atoms with Crippen LogP contribution in [-0.2, 0) is 10.0 Å². The Morgan fingerprint density at radius 1 is 1.50 bits per heavy atom. The average molecular weight is 242 g/mol. The molecule has 6 heteroatoms. The van der Waals surface area contributed by atoms with E-state index in [-0.39, 0.29) is 4.90 Å². The Kier molecular flexibility index (Phi) is 3.62. The summed E-state index contributed by atoms with van der Waals surface area (Å²) in [5.74, 6) is -0.626. The third-order valence-corrected chi connectivity index (χ3v) is 4.13. The van der Waals surface area contributed by atoms with E-state index in [0.29, 0.717) is 0 Å². The predicted molar refractivity (Wildman–Crippen MR) is 56.4 cm³/mol. The van der Waals surface area contributed by atoms with Gasteiger partial charge in [0.1, 0.15) is 11.9 Å². The summed E-state index contributed by atoms with van der Waals surface area (Å²) in [4.78, 5) is -0.155. The fourth-order valence-corrected chi connectivity index (χ4v) is 2.39. The number of nitrogens with zero attached hydrogens (tertiary/aromatic N) is 2. The van der Waals surface area contributed by atoms with Gasteiger partial charge in [0.25, 0.3) is 0 Å². The molecule has 4 nitrogen and oxygen atoms in total. The molecule has 0 bridgehead atoms. The van der Waals surface area contributed by atoms with Gasteiger partial charge in [0.05, 0.1) is 11.0 Å². The van der Waals surface area contributed by atoms with Crippen molar-refractivity contribution in [3.63, 3.8) is 0 Å². The SMILES string of the molecule is CC(C#N)N(C)S(=O)(=O)c1cccc(F)c1. The average Bonchev–Trinajstić information content (AvgIpc) is 2.27. The Balaban J connectivity index is 3.18. The first-order valence-corrected chi connectivity index (χ1v) is 5.97. The molecule has 0 aliphatic carbocycles. The molecule has 1 atom stereocenters. The lowest BCUT2D eigenvalue weighted by Crippen LogP contribution is -2.34. The largest absolute Gasteiger partial charge is 0.244 e. The molecule has 0 N–H and O–H groups in total. The zero-order valence-corrected chi connectivity index (χ0v) is 9.70. The summed E-state index contributed by atoms with van der Waals surface area (Å²) in [6.07, 6.45) is 0. The van der Waals surface area contributed by atoms with Crippen molar-refractivity contribution in [2.75, 3.05) is 7.05 Å². The van der Waals surface area contributed by atoms with Crippen LogP contribution in [-0.4, -0.2) is 25.8 Å². The van der Waals surface area contributed by atoms with Crippen molar-refractivity contribution in [1.82, 2.24) is 4.31 Å². The molecule has 0 spiro atoms. The lowest BCUT2D eigenvalue weighted by Gasteiger charge is -2.18. The summed E-state index contributed by atoms with van der Waals surface area (Å²) in [5, 5.41) is 8.64. The second kappa shape index (κ2) is 4.60. The molecule has 0 saturated carbocycles. The molecule has 0 fully saturated rings. The maximum absolute atomic E-state index is 12.9. The van der Waals surface area contributed by atoms with Crippen LogP contribution in [0.4, 0.5) is 4.39 Å². The summed E-state index contributed by atoms with van der Waals surface area (Å²) in [6.45, 7) is 1.46. The predicted octanol–water partition coefficient (Wildman–Crippen LogP) is 1.36. The third kappa shape index (κ3) is 2.38. The summed E-state index contributed by atoms with van der Waals surface area (Å²) >= 11 is 0. The van der Waals surface area contributed by atoms with Gasteiger partial charge in [-0.05, 0) is 25.1 Å². The molecule has 16 heavy (non-hydrogen) atoms. The van der Waals surface area contributed by atoms with E-state index in [4.69, 9.17) is 5.26 Å². The van der Waals surface area contributed by atoms with Gasteiger partial charge in [-0.15, -0.1) is 0 Å². The molecule has 1 aromatic rings. The van der Waals surface area contributed by atoms with E-state index >= 15 is 0 Å². The van der Waals surface area contributed by atoms with Gasteiger partial charge in [-0.2, -0.15) is 9.57 Å². The Hall–Kier alpha value is -1.45. The number of sulfonamides is 1. The van der Waals surface area contributed by atoms with Crippen molar-refractivity contribution in [1.29, 1.82) is 5.26 Å². The minimum absolute atomic E-state index is 0.155. The maximum Gasteiger partial charge on any atom is 0.244 e. The van der Waals surface area contributed by atoms with Crippen molar-refractivity contribution in [2.45, 2.75) is 17.9 Å². The van der Waals surface area contributed by atoms with Crippen LogP contribution in [0.15, 0.2) is 29.2 Å². The van der Waals surface area contributed by atoms with Gasteiger partial charge in [0.15, 0.2) is 0 Å². The van der Waals surface area contributed by atoms with Gasteiger partial charge in [-0.1, -0.05) is 6.07 Å². The van der Waals surface area contributed by atoms with E-state index in [2.05, 4.69) is 0 Å². The monoisotopic (exact) mass is 242 g/mol. The van der Waals surface area contributed by atoms with E-state index in [1.54, 1.807) is 0 Å². The highest BCUT2D eigenvalue weighted by molar-refractivity contribution is 7.89. The minimum Gasteiger partial charge on any atom is -0.207 e. The first-order valence-electron chi connectivity index (χ1n) is 4.53. The lowest BCUT2D eigenvalue weighted by atomic mass is 10.4. The van der Waals surface area contributed by atoms with Crippen LogP contribution in [0.2, 0.25) is 0 Å². The van der Waals surface area contributed by atoms with Crippen LogP contribution in [0.1, 0.15) is 6.92 Å². The second-order valence-electron chi connectivity index (χ2n) is 3.28. The van der Waals surface area contributed by atoms with Crippen molar-refractivity contribution in [2.24, 2.45) is 0 Å². The van der Waals surface area contributed by atoms with Crippen molar-refractivity contribution < 1.29 is 12.8 Å². The quantitative estimate of drug-likeness (QED) is 0.804. The Labute approximate surface area is 94.0 Å². The van der Waals surface area contributed by atoms with Gasteiger partial charge < -0.3 is 0 Å². The standard InChI is InChI=1S/C10H11FN2O2S/c1-8(7-12)13(2)16(14,15)10-5-3-4-9(11)6-10/h3-6,8H,1-2H3. The first kappa shape index (κ1) is 12.6. The third-order valence-electron chi connectivity index (χ3n) is 2.21. The molecular formula is C10H11FN2O2S. The molecule has 0 saturated heterocycles. The van der Waals surface area contributed by atoms with Gasteiger partial charge in [0, 0.05) is 7.05 Å². The molecule has 0 amide bonds. The summed E-state index contributed by atoms with van der Waals surface area (Å²) in [7, 11) is -2.52. The van der Waals surface area contributed by atoms with Gasteiger partial charge in [0.2, 0.25) is 10.0 Å². The van der Waals surface area contributed by atoms with Crippen LogP contribution < -0.4 is 0 Å². The van der Waals surface area contributed by atoms with E-state index in [1.807, 2.05) is 6.07 Å². The molecule has 0 radical (unpaired) electrons. The normalized spacial score (nSPS) is 13.4. The molecule has 86 valence electrons. The second-order valence-corrected chi connectivity index (χ2v) is 5.28. The van der Waals surface area contributed by atoms with Crippen LogP contribution in [0.25, 0.3) is 0 Å². The van der Waals surface area contributed by atoms with Crippen LogP contribution >= 0.6 is 0 Å². The number of benzene rings is 1. The van der Waals surface area contributed by atoms with Gasteiger partial charge in [-0.3, -0.25) is 0 Å². The fraction of sp³-hybridized carbons (Fsp3) is 0.300. The fourth-order valence-electron chi connectivity index (χ4n) is 1.08. The molecule has 0 aliphatic rings. The number of halogens is 1. The van der Waals surface area contributed by atoms with Crippen LogP contribution in [0.5, 0.6) is 0 Å². The van der Waals surface area contributed by atoms with Crippen LogP contribution in [0.3, 0.4) is 0 Å². The first-order chi connectivity index (χ1) is 7.39. The zero-order valence-electron chi connectivity index (χ0n) is 8.88. The highest BCUT2D eigenvalue weighted by Gasteiger charge is 2.25. The number of nitriles is 1. The number of rotatable bonds is 3. The Morgan fingerprint density at radius 2 is 2.12 bits per heavy atom. The summed E-state index contributed by atoms with van der Waals surface area (Å²) in [6, 6.07) is 5.70. The van der Waals surface area contributed by atoms with Crippen molar-refractivity contribution in [3.05, 3.63) is 30.1 Å². The zero-order chi connectivity index (χ0) is 12.3. The smallest absolute Gasteiger partial charge is 0.207 e. The molecule has 1 unspecified atom stereocenters. The van der Waals surface area contributed by atoms with E-state index in [0.717, 1.165) is 16.4 Å². The molecule has 0 aromatic heterocycles. The minimum atomic E-state index is -3.80. The molecule has 1 rings (SSSR count). The van der Waals surface area contributed by atoms with E-state index in [1.165, 1.54) is 26.1 Å². The summed E-state index contributed by atoms with van der Waals surface area (Å²) < 4.78 is 37.6. The summed E-state index contributed by atoms with van der Waals surface area (Å²) in [5.41, 5.74) is 0. The van der Waals surface area contributed by atoms with Crippen LogP contribution in [0, 0.1) is 17.1 Å². The Bertz CT molecular complexity index is 522. The molecule has 1 aromatic carbocycles. The van der Waals surface area contributed by atoms with Crippen molar-refractivity contribution >= 4 is 10.0 Å². The molecule has 0 heterocycles. The van der Waals surface area contributed by atoms with E-state index in [9.17, 15) is 12.8 Å². The Morgan fingerprint density at radius 3 is 2.62 bits per heavy atom. The molecular weight excluding hydrogens is 231 g/mol. The molecule has 0 aliphatic heterocycles. The lowest BCUT2D eigenvalue weighted by molar-refractivity contribution is 0.441. The maximum atomic E-state index is 12.9. The van der Waals surface area contributed by atoms with Gasteiger partial charge in [-0.25, -0.2) is 12.8 Å². The van der Waals surface area contributed by atoms with Crippen molar-refractivity contribution in [3.8, 4) is 6.07 Å².